The number of primary sulfonamides is 1. The first-order valence-electron chi connectivity index (χ1n) is 6.48. The Morgan fingerprint density at radius 1 is 1.19 bits per heavy atom. The maximum Gasteiger partial charge on any atom is 0.238 e. The van der Waals surface area contributed by atoms with E-state index in [1.165, 1.54) is 12.1 Å². The van der Waals surface area contributed by atoms with Gasteiger partial charge in [-0.1, -0.05) is 0 Å². The monoisotopic (exact) mass is 329 g/mol. The zero-order valence-electron chi connectivity index (χ0n) is 11.7. The summed E-state index contributed by atoms with van der Waals surface area (Å²) in [6.07, 6.45) is 0. The van der Waals surface area contributed by atoms with Crippen molar-refractivity contribution in [3.63, 3.8) is 0 Å². The predicted molar refractivity (Wildman–Crippen MR) is 86.2 cm³/mol. The Morgan fingerprint density at radius 3 is 2.29 bits per heavy atom. The molecule has 0 amide bonds. The van der Waals surface area contributed by atoms with Gasteiger partial charge in [0.05, 0.1) is 4.90 Å². The van der Waals surface area contributed by atoms with Gasteiger partial charge in [0.1, 0.15) is 0 Å². The summed E-state index contributed by atoms with van der Waals surface area (Å²) in [5.41, 5.74) is 3.82. The van der Waals surface area contributed by atoms with Crippen molar-refractivity contribution in [3.05, 3.63) is 24.3 Å². The van der Waals surface area contributed by atoms with Gasteiger partial charge in [0.25, 0.3) is 0 Å². The van der Waals surface area contributed by atoms with Crippen LogP contribution in [0.25, 0.3) is 0 Å². The van der Waals surface area contributed by atoms with Gasteiger partial charge in [0, 0.05) is 31.9 Å². The third kappa shape index (κ3) is 4.90. The number of nitrogens with zero attached hydrogens (tertiary/aromatic N) is 2. The van der Waals surface area contributed by atoms with Gasteiger partial charge in [0.15, 0.2) is 5.11 Å². The van der Waals surface area contributed by atoms with Gasteiger partial charge in [0.2, 0.25) is 10.0 Å². The number of nitrogens with two attached hydrogens (primary N) is 1. The van der Waals surface area contributed by atoms with E-state index in [1.54, 1.807) is 12.1 Å². The second kappa shape index (κ2) is 6.67. The first-order chi connectivity index (χ1) is 9.84. The number of thiocarbonyl (C=S) groups is 1. The van der Waals surface area contributed by atoms with Gasteiger partial charge >= 0.3 is 0 Å². The highest BCUT2D eigenvalue weighted by molar-refractivity contribution is 7.89. The molecule has 7 nitrogen and oxygen atoms in total. The predicted octanol–water partition coefficient (Wildman–Crippen LogP) is -0.217. The largest absolute Gasteiger partial charge is 0.332 e. The number of hydrogen-bond acceptors (Lipinski definition) is 5. The van der Waals surface area contributed by atoms with Crippen molar-refractivity contribution >= 4 is 33.0 Å². The molecule has 1 fully saturated rings. The lowest BCUT2D eigenvalue weighted by atomic mass is 10.3. The number of likely N-dealkylation sites (N-methyl/N-ethyl adjacent to an activating group) is 1. The molecule has 1 saturated heterocycles. The molecule has 1 aromatic carbocycles. The van der Waals surface area contributed by atoms with Gasteiger partial charge in [-0.15, -0.1) is 0 Å². The van der Waals surface area contributed by atoms with Crippen molar-refractivity contribution in [2.75, 3.05) is 38.5 Å². The lowest BCUT2D eigenvalue weighted by Gasteiger charge is -2.33. The van der Waals surface area contributed by atoms with Gasteiger partial charge in [-0.25, -0.2) is 18.6 Å². The summed E-state index contributed by atoms with van der Waals surface area (Å²) in [5.74, 6) is 0. The van der Waals surface area contributed by atoms with Crippen LogP contribution in [0.2, 0.25) is 0 Å². The molecule has 0 atom stereocenters. The topological polar surface area (TPSA) is 90.7 Å². The number of anilines is 1. The first-order valence-corrected chi connectivity index (χ1v) is 8.44. The number of nitrogens with one attached hydrogen (secondary N) is 2. The average molecular weight is 329 g/mol. The van der Waals surface area contributed by atoms with Gasteiger partial charge < -0.3 is 10.2 Å². The average Bonchev–Trinajstić information content (AvgIpc) is 2.41. The van der Waals surface area contributed by atoms with Crippen LogP contribution >= 0.6 is 12.2 Å². The molecule has 116 valence electrons. The van der Waals surface area contributed by atoms with Crippen LogP contribution in [0, 0.1) is 0 Å². The third-order valence-electron chi connectivity index (χ3n) is 3.20. The molecule has 0 bridgehead atoms. The first kappa shape index (κ1) is 16.1. The number of benzene rings is 1. The second-order valence-electron chi connectivity index (χ2n) is 4.93. The Morgan fingerprint density at radius 2 is 1.76 bits per heavy atom. The van der Waals surface area contributed by atoms with E-state index in [0.717, 1.165) is 26.2 Å². The molecule has 1 aliphatic heterocycles. The summed E-state index contributed by atoms with van der Waals surface area (Å²) in [7, 11) is -1.58. The van der Waals surface area contributed by atoms with E-state index < -0.39 is 10.0 Å². The van der Waals surface area contributed by atoms with Crippen LogP contribution in [0.3, 0.4) is 0 Å². The highest BCUT2D eigenvalue weighted by Gasteiger charge is 2.14. The smallest absolute Gasteiger partial charge is 0.238 e. The summed E-state index contributed by atoms with van der Waals surface area (Å²) >= 11 is 5.23. The number of piperazine rings is 1. The molecule has 1 aliphatic rings. The van der Waals surface area contributed by atoms with Crippen LogP contribution < -0.4 is 15.9 Å². The fourth-order valence-corrected chi connectivity index (χ4v) is 2.71. The Hall–Kier alpha value is -1.26. The van der Waals surface area contributed by atoms with Gasteiger partial charge in [-0.3, -0.25) is 5.43 Å². The van der Waals surface area contributed by atoms with Crippen LogP contribution in [0.4, 0.5) is 5.69 Å². The van der Waals surface area contributed by atoms with Crippen LogP contribution in [0.5, 0.6) is 0 Å². The van der Waals surface area contributed by atoms with E-state index in [0.29, 0.717) is 10.8 Å². The number of hydrogen-bond donors (Lipinski definition) is 3. The second-order valence-corrected chi connectivity index (χ2v) is 6.90. The quantitative estimate of drug-likeness (QED) is 0.661. The van der Waals surface area contributed by atoms with Crippen molar-refractivity contribution in [1.82, 2.24) is 15.3 Å². The van der Waals surface area contributed by atoms with Crippen molar-refractivity contribution < 1.29 is 8.42 Å². The molecular formula is C12H19N5O2S2. The summed E-state index contributed by atoms with van der Waals surface area (Å²) in [6.45, 7) is 3.75. The van der Waals surface area contributed by atoms with Crippen molar-refractivity contribution in [2.45, 2.75) is 4.90 Å². The lowest BCUT2D eigenvalue weighted by molar-refractivity contribution is 0.131. The molecule has 1 heterocycles. The highest BCUT2D eigenvalue weighted by atomic mass is 32.2. The third-order valence-corrected chi connectivity index (χ3v) is 4.33. The molecular weight excluding hydrogens is 310 g/mol. The molecule has 0 aliphatic carbocycles. The summed E-state index contributed by atoms with van der Waals surface area (Å²) < 4.78 is 22.3. The van der Waals surface area contributed by atoms with Gasteiger partial charge in [-0.2, -0.15) is 0 Å². The Balaban J connectivity index is 1.88. The van der Waals surface area contributed by atoms with Crippen molar-refractivity contribution in [1.29, 1.82) is 0 Å². The number of rotatable bonds is 3. The zero-order chi connectivity index (χ0) is 15.5. The number of sulfonamides is 1. The van der Waals surface area contributed by atoms with Crippen molar-refractivity contribution in [2.24, 2.45) is 5.14 Å². The standard InChI is InChI=1S/C12H19N5O2S2/c1-16-6-8-17(9-7-16)15-12(20)14-10-2-4-11(5-3-10)21(13,18)19/h2-5H,6-9H2,1H3,(H2,13,18,19)(H2,14,15,20). The Labute approximate surface area is 130 Å². The fourth-order valence-electron chi connectivity index (χ4n) is 1.95. The Kier molecular flexibility index (Phi) is 5.12. The van der Waals surface area contributed by atoms with Crippen LogP contribution in [-0.4, -0.2) is 56.7 Å². The van der Waals surface area contributed by atoms with E-state index in [-0.39, 0.29) is 4.90 Å². The Bertz CT molecular complexity index is 595. The molecule has 0 radical (unpaired) electrons. The van der Waals surface area contributed by atoms with Crippen molar-refractivity contribution in [3.8, 4) is 0 Å². The highest BCUT2D eigenvalue weighted by Crippen LogP contribution is 2.12. The minimum atomic E-state index is -3.67. The maximum absolute atomic E-state index is 11.2. The number of hydrazine groups is 1. The van der Waals surface area contributed by atoms with E-state index in [9.17, 15) is 8.42 Å². The van der Waals surface area contributed by atoms with E-state index >= 15 is 0 Å². The summed E-state index contributed by atoms with van der Waals surface area (Å²) in [5, 5.41) is 10.6. The lowest BCUT2D eigenvalue weighted by Crippen LogP contribution is -2.53. The van der Waals surface area contributed by atoms with Crippen LogP contribution in [0.15, 0.2) is 29.2 Å². The van der Waals surface area contributed by atoms with E-state index in [4.69, 9.17) is 17.4 Å². The molecule has 0 unspecified atom stereocenters. The maximum atomic E-state index is 11.2. The van der Waals surface area contributed by atoms with Crippen LogP contribution in [0.1, 0.15) is 0 Å². The van der Waals surface area contributed by atoms with E-state index in [1.807, 2.05) is 5.01 Å². The molecule has 9 heteroatoms. The molecule has 1 aromatic rings. The normalized spacial score (nSPS) is 17.4. The SMILES string of the molecule is CN1CCN(NC(=S)Nc2ccc(S(N)(=O)=O)cc2)CC1. The summed E-state index contributed by atoms with van der Waals surface area (Å²) in [6, 6.07) is 6.13. The molecule has 2 rings (SSSR count). The zero-order valence-corrected chi connectivity index (χ0v) is 13.4. The minimum Gasteiger partial charge on any atom is -0.332 e. The van der Waals surface area contributed by atoms with Gasteiger partial charge in [-0.05, 0) is 43.5 Å². The summed E-state index contributed by atoms with van der Waals surface area (Å²) in [4.78, 5) is 2.33. The fraction of sp³-hybridized carbons (Fsp3) is 0.417. The minimum absolute atomic E-state index is 0.0750. The molecule has 0 aromatic heterocycles. The van der Waals surface area contributed by atoms with E-state index in [2.05, 4.69) is 22.7 Å². The molecule has 21 heavy (non-hydrogen) atoms. The molecule has 4 N–H and O–H groups in total. The molecule has 0 spiro atoms. The molecule has 0 saturated carbocycles. The van der Waals surface area contributed by atoms with Crippen LogP contribution in [-0.2, 0) is 10.0 Å².